The monoisotopic (exact) mass is 157 g/mol. The Balaban J connectivity index is 3.06. The summed E-state index contributed by atoms with van der Waals surface area (Å²) in [4.78, 5) is 3.63. The fourth-order valence-corrected chi connectivity index (χ4v) is 0.947. The highest BCUT2D eigenvalue weighted by Crippen LogP contribution is 2.05. The highest BCUT2D eigenvalue weighted by Gasteiger charge is 1.99. The van der Waals surface area contributed by atoms with E-state index in [0.29, 0.717) is 5.16 Å². The molecular formula is C5H7N3OS. The quantitative estimate of drug-likeness (QED) is 0.391. The van der Waals surface area contributed by atoms with Gasteiger partial charge in [0.1, 0.15) is 0 Å². The predicted molar refractivity (Wildman–Crippen MR) is 34.4 cm³/mol. The second-order valence-corrected chi connectivity index (χ2v) is 2.51. The average molecular weight is 157 g/mol. The number of thioether (sulfide) groups is 1. The maximum atomic E-state index is 10.7. The molecule has 4 nitrogen and oxygen atoms in total. The maximum Gasteiger partial charge on any atom is 0.253 e. The van der Waals surface area contributed by atoms with Gasteiger partial charge in [-0.1, -0.05) is 16.4 Å². The van der Waals surface area contributed by atoms with Gasteiger partial charge in [-0.25, -0.2) is 4.98 Å². The zero-order valence-corrected chi connectivity index (χ0v) is 6.55. The fraction of sp³-hybridized carbons (Fsp3) is 0.400. The number of nitrogens with zero attached hydrogens (tertiary/aromatic N) is 3. The summed E-state index contributed by atoms with van der Waals surface area (Å²) in [6, 6.07) is 0. The van der Waals surface area contributed by atoms with Gasteiger partial charge < -0.3 is 5.11 Å². The Bertz CT molecular complexity index is 220. The molecule has 0 aliphatic carbocycles. The molecule has 0 aliphatic heterocycles. The Morgan fingerprint density at radius 1 is 1.70 bits per heavy atom. The Morgan fingerprint density at radius 2 is 2.40 bits per heavy atom. The Morgan fingerprint density at radius 3 is 2.90 bits per heavy atom. The van der Waals surface area contributed by atoms with Crippen molar-refractivity contribution in [1.29, 1.82) is 0 Å². The molecule has 1 aromatic heterocycles. The molecule has 1 heterocycles. The van der Waals surface area contributed by atoms with Crippen LogP contribution in [0.5, 0.6) is 5.88 Å². The Kier molecular flexibility index (Phi) is 2.06. The van der Waals surface area contributed by atoms with Crippen LogP contribution in [0.15, 0.2) is 11.4 Å². The minimum atomic E-state index is -0.248. The van der Waals surface area contributed by atoms with Crippen molar-refractivity contribution in [2.24, 2.45) is 7.05 Å². The van der Waals surface area contributed by atoms with Crippen molar-refractivity contribution in [2.45, 2.75) is 5.16 Å². The molecule has 0 atom stereocenters. The highest BCUT2D eigenvalue weighted by molar-refractivity contribution is 7.98. The smallest absolute Gasteiger partial charge is 0.253 e. The van der Waals surface area contributed by atoms with Crippen LogP contribution in [-0.2, 0) is 7.05 Å². The molecule has 0 saturated carbocycles. The zero-order valence-electron chi connectivity index (χ0n) is 5.74. The minimum Gasteiger partial charge on any atom is -0.854 e. The van der Waals surface area contributed by atoms with Crippen molar-refractivity contribution in [3.63, 3.8) is 0 Å². The third kappa shape index (κ3) is 1.57. The lowest BCUT2D eigenvalue weighted by Crippen LogP contribution is -2.34. The van der Waals surface area contributed by atoms with E-state index in [4.69, 9.17) is 0 Å². The molecule has 1 aromatic rings. The van der Waals surface area contributed by atoms with Gasteiger partial charge in [0.2, 0.25) is 6.20 Å². The summed E-state index contributed by atoms with van der Waals surface area (Å²) in [6.07, 6.45) is 3.16. The molecule has 10 heavy (non-hydrogen) atoms. The number of hydrogen-bond donors (Lipinski definition) is 0. The van der Waals surface area contributed by atoms with Crippen LogP contribution in [0.2, 0.25) is 0 Å². The second kappa shape index (κ2) is 2.83. The van der Waals surface area contributed by atoms with E-state index in [1.165, 1.54) is 22.6 Å². The SMILES string of the molecule is CSc1nc([O-])c[n+](C)n1. The number of aromatic nitrogens is 3. The van der Waals surface area contributed by atoms with Crippen molar-refractivity contribution in [1.82, 2.24) is 10.1 Å². The van der Waals surface area contributed by atoms with Gasteiger partial charge in [-0.15, -0.1) is 0 Å². The number of rotatable bonds is 1. The Hall–Kier alpha value is -0.840. The van der Waals surface area contributed by atoms with Gasteiger partial charge in [-0.05, 0) is 6.26 Å². The predicted octanol–water partition coefficient (Wildman–Crippen LogP) is -0.903. The van der Waals surface area contributed by atoms with Crippen molar-refractivity contribution in [2.75, 3.05) is 6.26 Å². The van der Waals surface area contributed by atoms with E-state index in [9.17, 15) is 5.11 Å². The molecule has 5 heteroatoms. The molecule has 0 amide bonds. The molecule has 0 spiro atoms. The maximum absolute atomic E-state index is 10.7. The third-order valence-corrected chi connectivity index (χ3v) is 1.47. The van der Waals surface area contributed by atoms with Gasteiger partial charge >= 0.3 is 0 Å². The van der Waals surface area contributed by atoms with Crippen LogP contribution in [0.1, 0.15) is 0 Å². The summed E-state index contributed by atoms with van der Waals surface area (Å²) >= 11 is 1.35. The molecule has 0 unspecified atom stereocenters. The van der Waals surface area contributed by atoms with Crippen LogP contribution >= 0.6 is 11.8 Å². The lowest BCUT2D eigenvalue weighted by molar-refractivity contribution is -0.737. The van der Waals surface area contributed by atoms with Gasteiger partial charge in [0.05, 0.1) is 5.88 Å². The second-order valence-electron chi connectivity index (χ2n) is 1.74. The zero-order chi connectivity index (χ0) is 7.56. The highest BCUT2D eigenvalue weighted by atomic mass is 32.2. The van der Waals surface area contributed by atoms with Gasteiger partial charge in [0.25, 0.3) is 5.16 Å². The molecule has 0 aromatic carbocycles. The van der Waals surface area contributed by atoms with Crippen molar-refractivity contribution in [3.05, 3.63) is 6.20 Å². The molecule has 54 valence electrons. The first kappa shape index (κ1) is 7.27. The molecule has 1 rings (SSSR count). The summed E-state index contributed by atoms with van der Waals surface area (Å²) in [6.45, 7) is 0. The molecule has 0 radical (unpaired) electrons. The summed E-state index contributed by atoms with van der Waals surface area (Å²) in [7, 11) is 1.70. The normalized spacial score (nSPS) is 9.80. The minimum absolute atomic E-state index is 0.248. The van der Waals surface area contributed by atoms with E-state index in [0.717, 1.165) is 0 Å². The first-order valence-electron chi connectivity index (χ1n) is 2.68. The molecule has 0 bridgehead atoms. The number of hydrogen-bond acceptors (Lipinski definition) is 4. The summed E-state index contributed by atoms with van der Waals surface area (Å²) < 4.78 is 1.46. The van der Waals surface area contributed by atoms with Crippen molar-refractivity contribution < 1.29 is 9.79 Å². The van der Waals surface area contributed by atoms with Gasteiger partial charge in [-0.2, -0.15) is 0 Å². The van der Waals surface area contributed by atoms with E-state index in [-0.39, 0.29) is 5.88 Å². The van der Waals surface area contributed by atoms with E-state index in [1.54, 1.807) is 7.05 Å². The standard InChI is InChI=1S/C5H7N3OS/c1-8-3-4(9)6-5(7-8)10-2/h3H,1-2H3. The van der Waals surface area contributed by atoms with Gasteiger partial charge in [0.15, 0.2) is 7.05 Å². The van der Waals surface area contributed by atoms with Crippen LogP contribution in [0.25, 0.3) is 0 Å². The van der Waals surface area contributed by atoms with Crippen molar-refractivity contribution >= 4 is 11.8 Å². The molecule has 0 fully saturated rings. The largest absolute Gasteiger partial charge is 0.854 e. The molecular weight excluding hydrogens is 150 g/mol. The lowest BCUT2D eigenvalue weighted by atomic mass is 10.8. The van der Waals surface area contributed by atoms with Crippen LogP contribution in [0.4, 0.5) is 0 Å². The van der Waals surface area contributed by atoms with Crippen LogP contribution in [0.3, 0.4) is 0 Å². The fourth-order valence-electron chi connectivity index (χ4n) is 0.556. The van der Waals surface area contributed by atoms with Gasteiger partial charge in [0, 0.05) is 5.10 Å². The van der Waals surface area contributed by atoms with E-state index < -0.39 is 0 Å². The van der Waals surface area contributed by atoms with E-state index >= 15 is 0 Å². The first-order valence-corrected chi connectivity index (χ1v) is 3.91. The van der Waals surface area contributed by atoms with Crippen LogP contribution < -0.4 is 9.79 Å². The first-order chi connectivity index (χ1) is 4.72. The summed E-state index contributed by atoms with van der Waals surface area (Å²) in [5.41, 5.74) is 0. The topological polar surface area (TPSA) is 52.7 Å². The lowest BCUT2D eigenvalue weighted by Gasteiger charge is -1.99. The summed E-state index contributed by atoms with van der Waals surface area (Å²) in [5, 5.41) is 15.1. The van der Waals surface area contributed by atoms with Gasteiger partial charge in [-0.3, -0.25) is 0 Å². The average Bonchev–Trinajstić information content (AvgIpc) is 1.85. The third-order valence-electron chi connectivity index (χ3n) is 0.929. The van der Waals surface area contributed by atoms with Crippen LogP contribution in [0, 0.1) is 0 Å². The Labute approximate surface area is 62.9 Å². The van der Waals surface area contributed by atoms with Crippen molar-refractivity contribution in [3.8, 4) is 5.88 Å². The summed E-state index contributed by atoms with van der Waals surface area (Å²) in [5.74, 6) is -0.248. The van der Waals surface area contributed by atoms with Crippen LogP contribution in [-0.4, -0.2) is 16.3 Å². The molecule has 0 saturated heterocycles. The molecule has 0 N–H and O–H groups in total. The van der Waals surface area contributed by atoms with E-state index in [2.05, 4.69) is 10.1 Å². The van der Waals surface area contributed by atoms with E-state index in [1.807, 2.05) is 6.26 Å². The molecule has 0 aliphatic rings. The number of aryl methyl sites for hydroxylation is 1.